The molecule has 1 heteroatoms. The molecule has 1 aromatic carbocycles. The lowest BCUT2D eigenvalue weighted by Crippen LogP contribution is -2.31. The van der Waals surface area contributed by atoms with Crippen LogP contribution in [0.4, 0.5) is 0 Å². The summed E-state index contributed by atoms with van der Waals surface area (Å²) in [5.41, 5.74) is 4.26. The first-order chi connectivity index (χ1) is 8.42. The third kappa shape index (κ3) is 2.61. The summed E-state index contributed by atoms with van der Waals surface area (Å²) < 4.78 is 0. The number of aryl methyl sites for hydroxylation is 2. The molecule has 0 amide bonds. The summed E-state index contributed by atoms with van der Waals surface area (Å²) in [4.78, 5) is 0. The fraction of sp³-hybridized carbons (Fsp3) is 0.647. The molecule has 1 aliphatic rings. The molecule has 1 saturated carbocycles. The van der Waals surface area contributed by atoms with Gasteiger partial charge in [-0.05, 0) is 61.1 Å². The highest BCUT2D eigenvalue weighted by Crippen LogP contribution is 2.45. The average molecular weight is 246 g/mol. The maximum absolute atomic E-state index is 10.6. The van der Waals surface area contributed by atoms with Crippen molar-refractivity contribution in [3.63, 3.8) is 0 Å². The first-order valence-electron chi connectivity index (χ1n) is 7.15. The van der Waals surface area contributed by atoms with Crippen LogP contribution in [0.1, 0.15) is 49.8 Å². The van der Waals surface area contributed by atoms with Crippen LogP contribution in [-0.4, -0.2) is 11.2 Å². The molecule has 1 aromatic rings. The lowest BCUT2D eigenvalue weighted by molar-refractivity contribution is 0.0540. The maximum Gasteiger partial charge on any atom is 0.0614 e. The Morgan fingerprint density at radius 3 is 2.39 bits per heavy atom. The van der Waals surface area contributed by atoms with Gasteiger partial charge in [0.05, 0.1) is 6.10 Å². The summed E-state index contributed by atoms with van der Waals surface area (Å²) in [7, 11) is 0. The number of aliphatic hydroxyl groups is 1. The molecule has 2 unspecified atom stereocenters. The minimum absolute atomic E-state index is 0.192. The zero-order valence-electron chi connectivity index (χ0n) is 12.2. The van der Waals surface area contributed by atoms with Crippen LogP contribution < -0.4 is 0 Å². The zero-order chi connectivity index (χ0) is 13.3. The second kappa shape index (κ2) is 5.05. The molecule has 100 valence electrons. The number of rotatable bonds is 3. The van der Waals surface area contributed by atoms with E-state index in [4.69, 9.17) is 0 Å². The van der Waals surface area contributed by atoms with Crippen LogP contribution in [0.2, 0.25) is 0 Å². The molecule has 0 radical (unpaired) electrons. The fourth-order valence-corrected chi connectivity index (χ4v) is 3.59. The molecule has 1 nitrogen and oxygen atoms in total. The molecule has 0 heterocycles. The zero-order valence-corrected chi connectivity index (χ0v) is 12.2. The molecule has 1 aliphatic carbocycles. The van der Waals surface area contributed by atoms with E-state index in [9.17, 15) is 5.11 Å². The molecule has 0 spiro atoms. The Morgan fingerprint density at radius 2 is 1.89 bits per heavy atom. The van der Waals surface area contributed by atoms with Gasteiger partial charge in [-0.1, -0.05) is 38.5 Å². The predicted molar refractivity (Wildman–Crippen MR) is 76.7 cm³/mol. The van der Waals surface area contributed by atoms with Crippen LogP contribution in [0.15, 0.2) is 18.2 Å². The molecule has 2 rings (SSSR count). The van der Waals surface area contributed by atoms with Gasteiger partial charge in [-0.15, -0.1) is 0 Å². The van der Waals surface area contributed by atoms with Crippen molar-refractivity contribution in [1.82, 2.24) is 0 Å². The second-order valence-corrected chi connectivity index (χ2v) is 6.63. The number of hydrogen-bond acceptors (Lipinski definition) is 1. The van der Waals surface area contributed by atoms with Gasteiger partial charge in [0.1, 0.15) is 0 Å². The quantitative estimate of drug-likeness (QED) is 0.853. The summed E-state index contributed by atoms with van der Waals surface area (Å²) in [5.74, 6) is 0.455. The molecular weight excluding hydrogens is 220 g/mol. The molecule has 1 fully saturated rings. The molecule has 0 bridgehead atoms. The monoisotopic (exact) mass is 246 g/mol. The largest absolute Gasteiger partial charge is 0.392 e. The van der Waals surface area contributed by atoms with Gasteiger partial charge in [-0.2, -0.15) is 0 Å². The fourth-order valence-electron chi connectivity index (χ4n) is 3.59. The highest BCUT2D eigenvalue weighted by atomic mass is 16.3. The van der Waals surface area contributed by atoms with Gasteiger partial charge in [0.25, 0.3) is 0 Å². The highest BCUT2D eigenvalue weighted by Gasteiger charge is 2.38. The van der Waals surface area contributed by atoms with Crippen molar-refractivity contribution in [2.75, 3.05) is 0 Å². The minimum atomic E-state index is -0.192. The van der Waals surface area contributed by atoms with E-state index in [1.807, 2.05) is 0 Å². The summed E-state index contributed by atoms with van der Waals surface area (Å²) in [6, 6.07) is 6.39. The topological polar surface area (TPSA) is 20.2 Å². The van der Waals surface area contributed by atoms with Crippen molar-refractivity contribution in [2.24, 2.45) is 11.3 Å². The van der Waals surface area contributed by atoms with Crippen molar-refractivity contribution in [3.05, 3.63) is 34.9 Å². The summed E-state index contributed by atoms with van der Waals surface area (Å²) in [6.45, 7) is 8.90. The van der Waals surface area contributed by atoms with Crippen LogP contribution in [0, 0.1) is 25.2 Å². The normalized spacial score (nSPS) is 24.2. The third-order valence-electron chi connectivity index (χ3n) is 4.86. The number of aliphatic hydroxyl groups excluding tert-OH is 1. The summed E-state index contributed by atoms with van der Waals surface area (Å²) in [5, 5.41) is 10.6. The minimum Gasteiger partial charge on any atom is -0.392 e. The molecular formula is C17H26O. The Bertz CT molecular complexity index is 399. The number of hydrogen-bond donors (Lipinski definition) is 1. The highest BCUT2D eigenvalue weighted by molar-refractivity contribution is 5.34. The Kier molecular flexibility index (Phi) is 3.82. The lowest BCUT2D eigenvalue weighted by Gasteiger charge is -2.31. The van der Waals surface area contributed by atoms with E-state index in [1.54, 1.807) is 0 Å². The molecule has 0 aliphatic heterocycles. The standard InChI is InChI=1S/C17H26O/c1-12-7-5-8-13(2)14(12)11-16(18)15-9-6-10-17(15,3)4/h5,7-8,15-16,18H,6,9-11H2,1-4H3. The Morgan fingerprint density at radius 1 is 1.28 bits per heavy atom. The molecule has 18 heavy (non-hydrogen) atoms. The Balaban J connectivity index is 2.14. The van der Waals surface area contributed by atoms with Crippen LogP contribution in [-0.2, 0) is 6.42 Å². The van der Waals surface area contributed by atoms with Crippen molar-refractivity contribution in [2.45, 2.75) is 59.5 Å². The second-order valence-electron chi connectivity index (χ2n) is 6.63. The van der Waals surface area contributed by atoms with Crippen molar-refractivity contribution < 1.29 is 5.11 Å². The van der Waals surface area contributed by atoms with Gasteiger partial charge in [0, 0.05) is 0 Å². The average Bonchev–Trinajstić information content (AvgIpc) is 2.63. The third-order valence-corrected chi connectivity index (χ3v) is 4.86. The first kappa shape index (κ1) is 13.6. The predicted octanol–water partition coefficient (Wildman–Crippen LogP) is 4.03. The van der Waals surface area contributed by atoms with Gasteiger partial charge in [0.2, 0.25) is 0 Å². The van der Waals surface area contributed by atoms with Crippen molar-refractivity contribution >= 4 is 0 Å². The summed E-state index contributed by atoms with van der Waals surface area (Å²) >= 11 is 0. The van der Waals surface area contributed by atoms with Gasteiger partial charge in [-0.3, -0.25) is 0 Å². The van der Waals surface area contributed by atoms with Gasteiger partial charge in [-0.25, -0.2) is 0 Å². The summed E-state index contributed by atoms with van der Waals surface area (Å²) in [6.07, 6.45) is 4.32. The van der Waals surface area contributed by atoms with Gasteiger partial charge < -0.3 is 5.11 Å². The van der Waals surface area contributed by atoms with E-state index in [0.29, 0.717) is 11.3 Å². The van der Waals surface area contributed by atoms with E-state index < -0.39 is 0 Å². The SMILES string of the molecule is Cc1cccc(C)c1CC(O)C1CCCC1(C)C. The van der Waals surface area contributed by atoms with Crippen molar-refractivity contribution in [3.8, 4) is 0 Å². The van der Waals surface area contributed by atoms with Gasteiger partial charge >= 0.3 is 0 Å². The van der Waals surface area contributed by atoms with E-state index in [1.165, 1.54) is 36.0 Å². The Labute approximate surface area is 111 Å². The van der Waals surface area contributed by atoms with Crippen molar-refractivity contribution in [1.29, 1.82) is 0 Å². The lowest BCUT2D eigenvalue weighted by atomic mass is 9.76. The molecule has 0 aromatic heterocycles. The van der Waals surface area contributed by atoms with Crippen LogP contribution in [0.5, 0.6) is 0 Å². The van der Waals surface area contributed by atoms with E-state index in [0.717, 1.165) is 6.42 Å². The first-order valence-corrected chi connectivity index (χ1v) is 7.15. The van der Waals surface area contributed by atoms with E-state index >= 15 is 0 Å². The molecule has 0 saturated heterocycles. The van der Waals surface area contributed by atoms with Crippen LogP contribution in [0.3, 0.4) is 0 Å². The number of benzene rings is 1. The van der Waals surface area contributed by atoms with E-state index in [-0.39, 0.29) is 6.10 Å². The maximum atomic E-state index is 10.6. The van der Waals surface area contributed by atoms with Crippen LogP contribution in [0.25, 0.3) is 0 Å². The van der Waals surface area contributed by atoms with Crippen LogP contribution >= 0.6 is 0 Å². The van der Waals surface area contributed by atoms with E-state index in [2.05, 4.69) is 45.9 Å². The molecule has 1 N–H and O–H groups in total. The smallest absolute Gasteiger partial charge is 0.0614 e. The van der Waals surface area contributed by atoms with Gasteiger partial charge in [0.15, 0.2) is 0 Å². The Hall–Kier alpha value is -0.820. The molecule has 2 atom stereocenters.